The smallest absolute Gasteiger partial charge is 0.320 e. The second-order valence-corrected chi connectivity index (χ2v) is 1.43. The van der Waals surface area contributed by atoms with Crippen molar-refractivity contribution in [2.75, 3.05) is 20.6 Å². The Kier molecular flexibility index (Phi) is 8.33. The Labute approximate surface area is 65.7 Å². The summed E-state index contributed by atoms with van der Waals surface area (Å²) in [5.41, 5.74) is 5.25. The molecule has 0 amide bonds. The molecular formula is C4H12ClN3O2. The van der Waals surface area contributed by atoms with Gasteiger partial charge in [0, 0.05) is 14.1 Å². The van der Waals surface area contributed by atoms with Crippen molar-refractivity contribution in [3.05, 3.63) is 0 Å². The maximum atomic E-state index is 10.0. The highest BCUT2D eigenvalue weighted by atomic mass is 35.5. The zero-order valence-corrected chi connectivity index (χ0v) is 6.73. The largest absolute Gasteiger partial charge is 0.480 e. The number of carbonyl (C=O) groups is 1. The average molecular weight is 170 g/mol. The van der Waals surface area contributed by atoms with E-state index in [0.29, 0.717) is 0 Å². The molecule has 3 N–H and O–H groups in total. The molecule has 0 aromatic carbocycles. The molecule has 0 aromatic rings. The molecule has 62 valence electrons. The normalized spacial score (nSPS) is 9.10. The lowest BCUT2D eigenvalue weighted by atomic mass is 10.7. The van der Waals surface area contributed by atoms with Crippen molar-refractivity contribution in [1.82, 2.24) is 16.0 Å². The van der Waals surface area contributed by atoms with Gasteiger partial charge in [-0.3, -0.25) is 4.79 Å². The number of nitrogens with zero attached hydrogens (tertiary/aromatic N) is 1. The third-order valence-corrected chi connectivity index (χ3v) is 0.833. The number of hydrogen-bond donors (Lipinski definition) is 3. The van der Waals surface area contributed by atoms with Gasteiger partial charge < -0.3 is 5.11 Å². The van der Waals surface area contributed by atoms with Gasteiger partial charge >= 0.3 is 5.97 Å². The molecule has 0 aromatic heterocycles. The summed E-state index contributed by atoms with van der Waals surface area (Å²) in [7, 11) is 3.28. The molecule has 6 heteroatoms. The quantitative estimate of drug-likeness (QED) is 0.475. The zero-order valence-electron chi connectivity index (χ0n) is 5.92. The second-order valence-electron chi connectivity index (χ2n) is 1.43. The lowest BCUT2D eigenvalue weighted by molar-refractivity contribution is -0.139. The lowest BCUT2D eigenvalue weighted by Crippen LogP contribution is -2.46. The monoisotopic (exact) mass is 169 g/mol. The first-order chi connectivity index (χ1) is 4.20. The van der Waals surface area contributed by atoms with Crippen molar-refractivity contribution in [3.8, 4) is 0 Å². The van der Waals surface area contributed by atoms with Gasteiger partial charge in [-0.2, -0.15) is 5.12 Å². The van der Waals surface area contributed by atoms with Crippen LogP contribution in [0.15, 0.2) is 0 Å². The Hall–Kier alpha value is -0.360. The molecule has 0 heterocycles. The molecule has 0 atom stereocenters. The van der Waals surface area contributed by atoms with Crippen LogP contribution in [-0.4, -0.2) is 36.8 Å². The van der Waals surface area contributed by atoms with Gasteiger partial charge in [0.2, 0.25) is 0 Å². The number of rotatable bonds is 4. The first-order valence-electron chi connectivity index (χ1n) is 2.54. The van der Waals surface area contributed by atoms with Crippen LogP contribution in [0.4, 0.5) is 0 Å². The SMILES string of the molecule is CNN(CC(=O)O)NC.Cl. The maximum absolute atomic E-state index is 10.0. The summed E-state index contributed by atoms with van der Waals surface area (Å²) >= 11 is 0. The second kappa shape index (κ2) is 6.76. The fraction of sp³-hybridized carbons (Fsp3) is 0.750. The molecule has 0 radical (unpaired) electrons. The third-order valence-electron chi connectivity index (χ3n) is 0.833. The van der Waals surface area contributed by atoms with E-state index in [-0.39, 0.29) is 19.0 Å². The molecular weight excluding hydrogens is 158 g/mol. The molecule has 0 fully saturated rings. The van der Waals surface area contributed by atoms with Crippen LogP contribution in [0.2, 0.25) is 0 Å². The average Bonchev–Trinajstić information content (AvgIpc) is 1.82. The zero-order chi connectivity index (χ0) is 7.28. The molecule has 0 bridgehead atoms. The van der Waals surface area contributed by atoms with Gasteiger partial charge in [0.25, 0.3) is 0 Å². The predicted molar refractivity (Wildman–Crippen MR) is 39.7 cm³/mol. The van der Waals surface area contributed by atoms with Crippen molar-refractivity contribution in [2.24, 2.45) is 0 Å². The minimum Gasteiger partial charge on any atom is -0.480 e. The van der Waals surface area contributed by atoms with Crippen molar-refractivity contribution in [3.63, 3.8) is 0 Å². The summed E-state index contributed by atoms with van der Waals surface area (Å²) in [5.74, 6) is -0.876. The van der Waals surface area contributed by atoms with E-state index < -0.39 is 5.97 Å². The predicted octanol–water partition coefficient (Wildman–Crippen LogP) is -0.936. The molecule has 0 saturated heterocycles. The van der Waals surface area contributed by atoms with Crippen LogP contribution < -0.4 is 10.9 Å². The number of nitrogens with one attached hydrogen (secondary N) is 2. The van der Waals surface area contributed by atoms with Crippen LogP contribution in [0, 0.1) is 0 Å². The summed E-state index contributed by atoms with van der Waals surface area (Å²) in [6, 6.07) is 0. The Morgan fingerprint density at radius 1 is 1.50 bits per heavy atom. The molecule has 10 heavy (non-hydrogen) atoms. The van der Waals surface area contributed by atoms with Crippen LogP contribution >= 0.6 is 12.4 Å². The third kappa shape index (κ3) is 5.77. The fourth-order valence-electron chi connectivity index (χ4n) is 0.405. The standard InChI is InChI=1S/C4H11N3O2.ClH/c1-5-7(6-2)3-4(8)9;/h5-6H,3H2,1-2H3,(H,8,9);1H. The Morgan fingerprint density at radius 3 is 2.00 bits per heavy atom. The summed E-state index contributed by atoms with van der Waals surface area (Å²) in [6.45, 7) is -0.0625. The van der Waals surface area contributed by atoms with Gasteiger partial charge in [-0.05, 0) is 0 Å². The van der Waals surface area contributed by atoms with Gasteiger partial charge in [-0.15, -0.1) is 12.4 Å². The molecule has 0 spiro atoms. The summed E-state index contributed by atoms with van der Waals surface area (Å²) in [6.07, 6.45) is 0. The first kappa shape index (κ1) is 12.3. The molecule has 0 saturated carbocycles. The van der Waals surface area contributed by atoms with E-state index >= 15 is 0 Å². The van der Waals surface area contributed by atoms with Gasteiger partial charge in [0.05, 0.1) is 0 Å². The van der Waals surface area contributed by atoms with Crippen molar-refractivity contribution in [1.29, 1.82) is 0 Å². The molecule has 0 aliphatic carbocycles. The van der Waals surface area contributed by atoms with E-state index in [4.69, 9.17) is 5.11 Å². The maximum Gasteiger partial charge on any atom is 0.320 e. The molecule has 5 nitrogen and oxygen atoms in total. The Morgan fingerprint density at radius 2 is 1.90 bits per heavy atom. The van der Waals surface area contributed by atoms with Gasteiger partial charge in [0.1, 0.15) is 6.54 Å². The highest BCUT2D eigenvalue weighted by Crippen LogP contribution is 1.70. The number of hydrogen-bond acceptors (Lipinski definition) is 4. The highest BCUT2D eigenvalue weighted by Gasteiger charge is 2.02. The number of halogens is 1. The van der Waals surface area contributed by atoms with Gasteiger partial charge in [-0.1, -0.05) is 0 Å². The van der Waals surface area contributed by atoms with Crippen LogP contribution in [0.3, 0.4) is 0 Å². The number of carboxylic acid groups (broad SMARTS) is 1. The van der Waals surface area contributed by atoms with E-state index in [0.717, 1.165) is 0 Å². The Bertz CT molecular complexity index is 96.5. The lowest BCUT2D eigenvalue weighted by Gasteiger charge is -2.15. The van der Waals surface area contributed by atoms with E-state index in [1.807, 2.05) is 0 Å². The van der Waals surface area contributed by atoms with Crippen molar-refractivity contribution < 1.29 is 9.90 Å². The van der Waals surface area contributed by atoms with Gasteiger partial charge in [0.15, 0.2) is 0 Å². The minimum atomic E-state index is -0.876. The summed E-state index contributed by atoms with van der Waals surface area (Å²) in [5, 5.41) is 9.57. The van der Waals surface area contributed by atoms with Crippen LogP contribution in [-0.2, 0) is 4.79 Å². The molecule has 0 aliphatic rings. The van der Waals surface area contributed by atoms with Crippen LogP contribution in [0.1, 0.15) is 0 Å². The van der Waals surface area contributed by atoms with Gasteiger partial charge in [-0.25, -0.2) is 10.9 Å². The van der Waals surface area contributed by atoms with E-state index in [9.17, 15) is 4.79 Å². The van der Waals surface area contributed by atoms with Crippen molar-refractivity contribution in [2.45, 2.75) is 0 Å². The minimum absolute atomic E-state index is 0. The number of aliphatic carboxylic acids is 1. The number of hydrazine groups is 2. The first-order valence-corrected chi connectivity index (χ1v) is 2.54. The van der Waals surface area contributed by atoms with E-state index in [1.54, 1.807) is 14.1 Å². The van der Waals surface area contributed by atoms with Crippen LogP contribution in [0.25, 0.3) is 0 Å². The van der Waals surface area contributed by atoms with E-state index in [1.165, 1.54) is 5.12 Å². The topological polar surface area (TPSA) is 64.6 Å². The summed E-state index contributed by atoms with van der Waals surface area (Å²) < 4.78 is 0. The highest BCUT2D eigenvalue weighted by molar-refractivity contribution is 5.85. The van der Waals surface area contributed by atoms with Crippen LogP contribution in [0.5, 0.6) is 0 Å². The van der Waals surface area contributed by atoms with Crippen molar-refractivity contribution >= 4 is 18.4 Å². The molecule has 0 unspecified atom stereocenters. The molecule has 0 rings (SSSR count). The van der Waals surface area contributed by atoms with E-state index in [2.05, 4.69) is 10.9 Å². The Balaban J connectivity index is 0. The fourth-order valence-corrected chi connectivity index (χ4v) is 0.405. The summed E-state index contributed by atoms with van der Waals surface area (Å²) in [4.78, 5) is 10.0. The molecule has 0 aliphatic heterocycles. The number of carboxylic acids is 1.